The molecule has 4 nitrogen and oxygen atoms in total. The zero-order valence-corrected chi connectivity index (χ0v) is 12.6. The van der Waals surface area contributed by atoms with Crippen LogP contribution >= 0.6 is 0 Å². The van der Waals surface area contributed by atoms with Gasteiger partial charge in [-0.3, -0.25) is 0 Å². The number of hydrogen-bond donors (Lipinski definition) is 2. The van der Waals surface area contributed by atoms with E-state index in [1.165, 1.54) is 0 Å². The number of aliphatic hydroxyl groups excluding tert-OH is 1. The maximum Gasteiger partial charge on any atom is 0.157 e. The van der Waals surface area contributed by atoms with Gasteiger partial charge in [0.2, 0.25) is 0 Å². The Kier molecular flexibility index (Phi) is 5.52. The molecule has 0 radical (unpaired) electrons. The Morgan fingerprint density at radius 1 is 1.21 bits per heavy atom. The van der Waals surface area contributed by atoms with E-state index >= 15 is 0 Å². The molecule has 1 aromatic rings. The molecule has 0 aliphatic heterocycles. The number of benzene rings is 1. The maximum atomic E-state index is 11.9. The summed E-state index contributed by atoms with van der Waals surface area (Å²) in [6, 6.07) is 9.01. The molecule has 0 fully saturated rings. The monoisotopic (exact) mass is 285 g/mol. The van der Waals surface area contributed by atoms with E-state index in [0.29, 0.717) is 0 Å². The van der Waals surface area contributed by atoms with E-state index in [4.69, 9.17) is 0 Å². The molecule has 0 aliphatic rings. The minimum Gasteiger partial charge on any atom is -0.391 e. The molecule has 0 saturated carbocycles. The van der Waals surface area contributed by atoms with E-state index in [2.05, 4.69) is 5.32 Å². The zero-order chi connectivity index (χ0) is 14.5. The van der Waals surface area contributed by atoms with Crippen LogP contribution < -0.4 is 5.32 Å². The summed E-state index contributed by atoms with van der Waals surface area (Å²) in [6.45, 7) is 6.19. The number of sulfone groups is 1. The molecule has 0 aliphatic carbocycles. The molecule has 108 valence electrons. The van der Waals surface area contributed by atoms with E-state index in [9.17, 15) is 13.5 Å². The minimum absolute atomic E-state index is 0.0274. The van der Waals surface area contributed by atoms with Gasteiger partial charge in [-0.05, 0) is 26.3 Å². The second kappa shape index (κ2) is 6.50. The third-order valence-electron chi connectivity index (χ3n) is 2.54. The molecule has 1 aromatic carbocycles. The maximum absolute atomic E-state index is 11.9. The molecular formula is C14H23NO3S. The molecule has 0 heterocycles. The highest BCUT2D eigenvalue weighted by molar-refractivity contribution is 7.90. The smallest absolute Gasteiger partial charge is 0.157 e. The normalized spacial score (nSPS) is 14.3. The van der Waals surface area contributed by atoms with Gasteiger partial charge in [0.05, 0.1) is 17.6 Å². The second-order valence-electron chi connectivity index (χ2n) is 5.82. The number of hydrogen-bond acceptors (Lipinski definition) is 4. The molecule has 0 saturated heterocycles. The summed E-state index contributed by atoms with van der Waals surface area (Å²) in [5, 5.41) is 12.9. The van der Waals surface area contributed by atoms with Crippen LogP contribution in [0.5, 0.6) is 0 Å². The average Bonchev–Trinajstić information content (AvgIpc) is 2.25. The van der Waals surface area contributed by atoms with Crippen LogP contribution in [-0.4, -0.2) is 37.5 Å². The predicted octanol–water partition coefficient (Wildman–Crippen LogP) is 1.35. The van der Waals surface area contributed by atoms with Crippen LogP contribution in [0.1, 0.15) is 26.3 Å². The molecule has 1 atom stereocenters. The van der Waals surface area contributed by atoms with Crippen molar-refractivity contribution in [3.05, 3.63) is 35.9 Å². The Morgan fingerprint density at radius 3 is 2.32 bits per heavy atom. The standard InChI is InChI=1S/C14H23NO3S/c1-14(2,3)15-9-13(16)11-19(17,18)10-12-7-5-4-6-8-12/h4-8,13,15-16H,9-11H2,1-3H3. The van der Waals surface area contributed by atoms with E-state index in [-0.39, 0.29) is 23.6 Å². The van der Waals surface area contributed by atoms with Crippen molar-refractivity contribution in [1.82, 2.24) is 5.32 Å². The lowest BCUT2D eigenvalue weighted by Gasteiger charge is -2.22. The van der Waals surface area contributed by atoms with Crippen molar-refractivity contribution < 1.29 is 13.5 Å². The first kappa shape index (κ1) is 16.1. The van der Waals surface area contributed by atoms with Crippen LogP contribution in [0, 0.1) is 0 Å². The quantitative estimate of drug-likeness (QED) is 0.828. The Hall–Kier alpha value is -0.910. The first-order valence-electron chi connectivity index (χ1n) is 6.35. The van der Waals surface area contributed by atoms with Crippen LogP contribution in [0.4, 0.5) is 0 Å². The van der Waals surface area contributed by atoms with Gasteiger partial charge in [0.15, 0.2) is 9.84 Å². The lowest BCUT2D eigenvalue weighted by Crippen LogP contribution is -2.42. The SMILES string of the molecule is CC(C)(C)NCC(O)CS(=O)(=O)Cc1ccccc1. The van der Waals surface area contributed by atoms with Crippen LogP contribution in [0.2, 0.25) is 0 Å². The topological polar surface area (TPSA) is 66.4 Å². The Morgan fingerprint density at radius 2 is 1.79 bits per heavy atom. The van der Waals surface area contributed by atoms with Crippen molar-refractivity contribution in [2.75, 3.05) is 12.3 Å². The van der Waals surface area contributed by atoms with Gasteiger partial charge in [-0.15, -0.1) is 0 Å². The zero-order valence-electron chi connectivity index (χ0n) is 11.8. The Balaban J connectivity index is 2.51. The molecule has 2 N–H and O–H groups in total. The van der Waals surface area contributed by atoms with E-state index in [0.717, 1.165) is 5.56 Å². The van der Waals surface area contributed by atoms with Crippen LogP contribution in [0.25, 0.3) is 0 Å². The molecule has 0 spiro atoms. The number of β-amino-alcohol motifs (C(OH)–C–C–N with tert-alkyl or cyclic N) is 1. The summed E-state index contributed by atoms with van der Waals surface area (Å²) in [5.74, 6) is -0.245. The second-order valence-corrected chi connectivity index (χ2v) is 7.93. The van der Waals surface area contributed by atoms with E-state index in [1.807, 2.05) is 39.0 Å². The molecule has 0 amide bonds. The van der Waals surface area contributed by atoms with Crippen LogP contribution in [-0.2, 0) is 15.6 Å². The molecule has 1 unspecified atom stereocenters. The third-order valence-corrected chi connectivity index (χ3v) is 4.21. The van der Waals surface area contributed by atoms with Gasteiger partial charge in [0, 0.05) is 12.1 Å². The highest BCUT2D eigenvalue weighted by Gasteiger charge is 2.19. The summed E-state index contributed by atoms with van der Waals surface area (Å²) < 4.78 is 23.9. The van der Waals surface area contributed by atoms with Gasteiger partial charge in [0.1, 0.15) is 0 Å². The van der Waals surface area contributed by atoms with Crippen molar-refractivity contribution in [3.8, 4) is 0 Å². The lowest BCUT2D eigenvalue weighted by atomic mass is 10.1. The average molecular weight is 285 g/mol. The molecule has 0 bridgehead atoms. The summed E-state index contributed by atoms with van der Waals surface area (Å²) >= 11 is 0. The van der Waals surface area contributed by atoms with E-state index < -0.39 is 15.9 Å². The number of rotatable bonds is 6. The van der Waals surface area contributed by atoms with Crippen LogP contribution in [0.3, 0.4) is 0 Å². The summed E-state index contributed by atoms with van der Waals surface area (Å²) in [6.07, 6.45) is -0.882. The number of aliphatic hydroxyl groups is 1. The summed E-state index contributed by atoms with van der Waals surface area (Å²) in [4.78, 5) is 0. The van der Waals surface area contributed by atoms with Gasteiger partial charge in [-0.2, -0.15) is 0 Å². The van der Waals surface area contributed by atoms with Gasteiger partial charge >= 0.3 is 0 Å². The Bertz CT molecular complexity index is 477. The van der Waals surface area contributed by atoms with Crippen LogP contribution in [0.15, 0.2) is 30.3 Å². The molecule has 5 heteroatoms. The molecule has 0 aromatic heterocycles. The van der Waals surface area contributed by atoms with Gasteiger partial charge in [-0.25, -0.2) is 8.42 Å². The summed E-state index contributed by atoms with van der Waals surface area (Å²) in [5.41, 5.74) is 0.614. The fourth-order valence-corrected chi connectivity index (χ4v) is 3.19. The highest BCUT2D eigenvalue weighted by Crippen LogP contribution is 2.08. The fraction of sp³-hybridized carbons (Fsp3) is 0.571. The van der Waals surface area contributed by atoms with Crippen molar-refractivity contribution in [1.29, 1.82) is 0 Å². The largest absolute Gasteiger partial charge is 0.391 e. The predicted molar refractivity (Wildman–Crippen MR) is 77.7 cm³/mol. The highest BCUT2D eigenvalue weighted by atomic mass is 32.2. The number of nitrogens with one attached hydrogen (secondary N) is 1. The first-order valence-corrected chi connectivity index (χ1v) is 8.17. The molecule has 19 heavy (non-hydrogen) atoms. The fourth-order valence-electron chi connectivity index (χ4n) is 1.66. The van der Waals surface area contributed by atoms with Gasteiger partial charge < -0.3 is 10.4 Å². The minimum atomic E-state index is -3.29. The van der Waals surface area contributed by atoms with Gasteiger partial charge in [-0.1, -0.05) is 30.3 Å². The van der Waals surface area contributed by atoms with Crippen molar-refractivity contribution in [2.45, 2.75) is 38.2 Å². The molecular weight excluding hydrogens is 262 g/mol. The third kappa shape index (κ3) is 7.30. The molecule has 1 rings (SSSR count). The first-order chi connectivity index (χ1) is 8.68. The Labute approximate surface area is 115 Å². The van der Waals surface area contributed by atoms with Crippen molar-refractivity contribution >= 4 is 9.84 Å². The summed E-state index contributed by atoms with van der Waals surface area (Å²) in [7, 11) is -3.29. The van der Waals surface area contributed by atoms with Crippen molar-refractivity contribution in [2.24, 2.45) is 0 Å². The van der Waals surface area contributed by atoms with Crippen molar-refractivity contribution in [3.63, 3.8) is 0 Å². The van der Waals surface area contributed by atoms with Gasteiger partial charge in [0.25, 0.3) is 0 Å². The van der Waals surface area contributed by atoms with E-state index in [1.54, 1.807) is 12.1 Å². The lowest BCUT2D eigenvalue weighted by molar-refractivity contribution is 0.181.